The lowest BCUT2D eigenvalue weighted by Crippen LogP contribution is -2.13. The highest BCUT2D eigenvalue weighted by atomic mass is 79.9. The number of pyridine rings is 1. The summed E-state index contributed by atoms with van der Waals surface area (Å²) >= 11 is 4.93. The lowest BCUT2D eigenvalue weighted by molar-refractivity contribution is 0.318. The minimum Gasteiger partial charge on any atom is -0.409 e. The van der Waals surface area contributed by atoms with Crippen LogP contribution in [0.4, 0.5) is 0 Å². The lowest BCUT2D eigenvalue weighted by Gasteiger charge is -2.03. The second kappa shape index (κ2) is 5.88. The van der Waals surface area contributed by atoms with Crippen molar-refractivity contribution in [3.63, 3.8) is 0 Å². The summed E-state index contributed by atoms with van der Waals surface area (Å²) < 4.78 is 1.01. The number of aromatic nitrogens is 1. The van der Waals surface area contributed by atoms with E-state index in [9.17, 15) is 0 Å². The molecule has 0 aliphatic heterocycles. The predicted octanol–water partition coefficient (Wildman–Crippen LogP) is 3.09. The van der Waals surface area contributed by atoms with Gasteiger partial charge in [-0.25, -0.2) is 4.98 Å². The Kier molecular flexibility index (Phi) is 4.22. The highest BCUT2D eigenvalue weighted by Crippen LogP contribution is 2.28. The maximum absolute atomic E-state index is 8.63. The summed E-state index contributed by atoms with van der Waals surface area (Å²) in [7, 11) is 0. The van der Waals surface area contributed by atoms with Gasteiger partial charge in [0.25, 0.3) is 0 Å². The SMILES string of the molecule is NC(=NO)c1ccnc(Sc2cccc(Br)c2)c1. The first-order valence-electron chi connectivity index (χ1n) is 5.06. The minimum absolute atomic E-state index is 0.0773. The summed E-state index contributed by atoms with van der Waals surface area (Å²) in [4.78, 5) is 5.30. The van der Waals surface area contributed by atoms with Gasteiger partial charge in [0, 0.05) is 21.1 Å². The van der Waals surface area contributed by atoms with E-state index in [-0.39, 0.29) is 5.84 Å². The summed E-state index contributed by atoms with van der Waals surface area (Å²) in [5, 5.41) is 12.4. The Morgan fingerprint density at radius 3 is 2.89 bits per heavy atom. The van der Waals surface area contributed by atoms with Gasteiger partial charge in [-0.2, -0.15) is 0 Å². The fourth-order valence-corrected chi connectivity index (χ4v) is 2.76. The molecule has 3 N–H and O–H groups in total. The van der Waals surface area contributed by atoms with Crippen molar-refractivity contribution >= 4 is 33.5 Å². The number of benzene rings is 1. The van der Waals surface area contributed by atoms with E-state index in [2.05, 4.69) is 26.1 Å². The molecule has 0 amide bonds. The van der Waals surface area contributed by atoms with E-state index >= 15 is 0 Å². The average Bonchev–Trinajstić information content (AvgIpc) is 2.38. The molecule has 4 nitrogen and oxygen atoms in total. The summed E-state index contributed by atoms with van der Waals surface area (Å²) in [6.07, 6.45) is 1.63. The van der Waals surface area contributed by atoms with Crippen LogP contribution in [0.2, 0.25) is 0 Å². The fourth-order valence-electron chi connectivity index (χ4n) is 1.33. The molecule has 0 saturated carbocycles. The Bertz CT molecular complexity index is 589. The van der Waals surface area contributed by atoms with E-state index in [1.807, 2.05) is 24.3 Å². The van der Waals surface area contributed by atoms with Gasteiger partial charge < -0.3 is 10.9 Å². The Morgan fingerprint density at radius 2 is 2.17 bits per heavy atom. The van der Waals surface area contributed by atoms with Crippen molar-refractivity contribution in [1.82, 2.24) is 4.98 Å². The van der Waals surface area contributed by atoms with Crippen LogP contribution < -0.4 is 5.73 Å². The molecule has 0 fully saturated rings. The van der Waals surface area contributed by atoms with Crippen LogP contribution in [0.3, 0.4) is 0 Å². The molecule has 0 saturated heterocycles. The molecule has 0 unspecified atom stereocenters. The lowest BCUT2D eigenvalue weighted by atomic mass is 10.2. The van der Waals surface area contributed by atoms with Crippen LogP contribution in [-0.4, -0.2) is 16.0 Å². The van der Waals surface area contributed by atoms with Crippen LogP contribution in [0, 0.1) is 0 Å². The highest BCUT2D eigenvalue weighted by Gasteiger charge is 2.04. The maximum Gasteiger partial charge on any atom is 0.170 e. The van der Waals surface area contributed by atoms with Crippen LogP contribution in [0.1, 0.15) is 5.56 Å². The molecule has 1 heterocycles. The third kappa shape index (κ3) is 3.24. The van der Waals surface area contributed by atoms with E-state index in [1.165, 1.54) is 11.8 Å². The monoisotopic (exact) mass is 323 g/mol. The van der Waals surface area contributed by atoms with E-state index in [0.29, 0.717) is 5.56 Å². The van der Waals surface area contributed by atoms with Crippen molar-refractivity contribution < 1.29 is 5.21 Å². The van der Waals surface area contributed by atoms with Crippen LogP contribution >= 0.6 is 27.7 Å². The molecule has 0 aliphatic rings. The summed E-state index contributed by atoms with van der Waals surface area (Å²) in [5.41, 5.74) is 6.18. The first-order chi connectivity index (χ1) is 8.69. The fraction of sp³-hybridized carbons (Fsp3) is 0. The molecule has 0 aliphatic carbocycles. The van der Waals surface area contributed by atoms with Crippen LogP contribution in [0.15, 0.2) is 62.1 Å². The van der Waals surface area contributed by atoms with Crippen molar-refractivity contribution in [2.75, 3.05) is 0 Å². The number of amidine groups is 1. The second-order valence-corrected chi connectivity index (χ2v) is 5.44. The largest absolute Gasteiger partial charge is 0.409 e. The maximum atomic E-state index is 8.63. The van der Waals surface area contributed by atoms with Crippen LogP contribution in [0.5, 0.6) is 0 Å². The van der Waals surface area contributed by atoms with Crippen molar-refractivity contribution in [1.29, 1.82) is 0 Å². The Hall–Kier alpha value is -1.53. The number of rotatable bonds is 3. The number of oxime groups is 1. The third-order valence-corrected chi connectivity index (χ3v) is 3.57. The molecule has 0 radical (unpaired) electrons. The van der Waals surface area contributed by atoms with Gasteiger partial charge in [-0.1, -0.05) is 38.9 Å². The summed E-state index contributed by atoms with van der Waals surface area (Å²) in [6, 6.07) is 11.4. The van der Waals surface area contributed by atoms with Gasteiger partial charge in [0.05, 0.1) is 0 Å². The summed E-state index contributed by atoms with van der Waals surface area (Å²) in [5.74, 6) is 0.0773. The molecule has 6 heteroatoms. The van der Waals surface area contributed by atoms with E-state index in [0.717, 1.165) is 14.4 Å². The van der Waals surface area contributed by atoms with Crippen molar-refractivity contribution in [2.45, 2.75) is 9.92 Å². The van der Waals surface area contributed by atoms with Gasteiger partial charge in [-0.3, -0.25) is 0 Å². The number of nitrogens with zero attached hydrogens (tertiary/aromatic N) is 2. The number of hydrogen-bond acceptors (Lipinski definition) is 4. The molecule has 1 aromatic heterocycles. The molecule has 92 valence electrons. The molecule has 2 rings (SSSR count). The number of hydrogen-bond donors (Lipinski definition) is 2. The zero-order valence-electron chi connectivity index (χ0n) is 9.25. The molecule has 18 heavy (non-hydrogen) atoms. The smallest absolute Gasteiger partial charge is 0.170 e. The van der Waals surface area contributed by atoms with Gasteiger partial charge in [-0.15, -0.1) is 0 Å². The minimum atomic E-state index is 0.0773. The number of nitrogens with two attached hydrogens (primary N) is 1. The van der Waals surface area contributed by atoms with Gasteiger partial charge >= 0.3 is 0 Å². The third-order valence-electron chi connectivity index (χ3n) is 2.16. The molecule has 1 aromatic carbocycles. The quantitative estimate of drug-likeness (QED) is 0.394. The molecular formula is C12H10BrN3OS. The van der Waals surface area contributed by atoms with Crippen molar-refractivity contribution in [3.05, 3.63) is 52.6 Å². The molecular weight excluding hydrogens is 314 g/mol. The van der Waals surface area contributed by atoms with Crippen molar-refractivity contribution in [2.24, 2.45) is 10.9 Å². The zero-order chi connectivity index (χ0) is 13.0. The number of halogens is 1. The molecule has 0 bridgehead atoms. The Morgan fingerprint density at radius 1 is 1.33 bits per heavy atom. The van der Waals surface area contributed by atoms with E-state index < -0.39 is 0 Å². The van der Waals surface area contributed by atoms with Gasteiger partial charge in [0.15, 0.2) is 5.84 Å². The topological polar surface area (TPSA) is 71.5 Å². The van der Waals surface area contributed by atoms with Crippen LogP contribution in [0.25, 0.3) is 0 Å². The van der Waals surface area contributed by atoms with Gasteiger partial charge in [0.2, 0.25) is 0 Å². The van der Waals surface area contributed by atoms with Crippen LogP contribution in [-0.2, 0) is 0 Å². The second-order valence-electron chi connectivity index (χ2n) is 3.43. The highest BCUT2D eigenvalue weighted by molar-refractivity contribution is 9.10. The Labute approximate surface area is 117 Å². The van der Waals surface area contributed by atoms with Gasteiger partial charge in [0.1, 0.15) is 5.03 Å². The molecule has 2 aromatic rings. The van der Waals surface area contributed by atoms with E-state index in [4.69, 9.17) is 10.9 Å². The standard InChI is InChI=1S/C12H10BrN3OS/c13-9-2-1-3-10(7-9)18-11-6-8(4-5-15-11)12(14)16-17/h1-7,17H,(H2,14,16). The Balaban J connectivity index is 2.24. The molecule has 0 atom stereocenters. The van der Waals surface area contributed by atoms with E-state index in [1.54, 1.807) is 18.3 Å². The van der Waals surface area contributed by atoms with Gasteiger partial charge in [-0.05, 0) is 30.3 Å². The zero-order valence-corrected chi connectivity index (χ0v) is 11.6. The first-order valence-corrected chi connectivity index (χ1v) is 6.67. The van der Waals surface area contributed by atoms with Crippen molar-refractivity contribution in [3.8, 4) is 0 Å². The summed E-state index contributed by atoms with van der Waals surface area (Å²) in [6.45, 7) is 0. The first kappa shape index (κ1) is 12.9. The normalized spacial score (nSPS) is 11.5. The molecule has 0 spiro atoms. The average molecular weight is 324 g/mol. The predicted molar refractivity (Wildman–Crippen MR) is 75.0 cm³/mol.